The number of anilines is 1. The molecular formula is C18H17ClN2O3S. The highest BCUT2D eigenvalue weighted by molar-refractivity contribution is 7.80. The van der Waals surface area contributed by atoms with Crippen molar-refractivity contribution >= 4 is 46.6 Å². The van der Waals surface area contributed by atoms with Gasteiger partial charge in [-0.25, -0.2) is 0 Å². The van der Waals surface area contributed by atoms with E-state index >= 15 is 0 Å². The molecule has 1 amide bonds. The third kappa shape index (κ3) is 5.48. The van der Waals surface area contributed by atoms with Gasteiger partial charge in [0.15, 0.2) is 5.11 Å². The highest BCUT2D eigenvalue weighted by Crippen LogP contribution is 2.28. The first kappa shape index (κ1) is 18.8. The topological polar surface area (TPSA) is 59.6 Å². The SMILES string of the molecule is COc1ccc(OC)c(NC(=S)NC(=O)C=Cc2ccccc2Cl)c1. The van der Waals surface area contributed by atoms with Crippen molar-refractivity contribution in [2.75, 3.05) is 19.5 Å². The summed E-state index contributed by atoms with van der Waals surface area (Å²) in [5.74, 6) is 0.833. The highest BCUT2D eigenvalue weighted by Gasteiger charge is 2.08. The van der Waals surface area contributed by atoms with Crippen LogP contribution in [0.5, 0.6) is 11.5 Å². The fraction of sp³-hybridized carbons (Fsp3) is 0.111. The van der Waals surface area contributed by atoms with Gasteiger partial charge >= 0.3 is 0 Å². The molecule has 0 aliphatic heterocycles. The zero-order chi connectivity index (χ0) is 18.2. The molecule has 5 nitrogen and oxygen atoms in total. The minimum atomic E-state index is -0.376. The molecule has 0 atom stereocenters. The Kier molecular flexibility index (Phi) is 6.80. The van der Waals surface area contributed by atoms with E-state index < -0.39 is 0 Å². The van der Waals surface area contributed by atoms with Crippen LogP contribution in [0.4, 0.5) is 5.69 Å². The predicted molar refractivity (Wildman–Crippen MR) is 104 cm³/mol. The summed E-state index contributed by atoms with van der Waals surface area (Å²) in [4.78, 5) is 12.0. The number of nitrogens with one attached hydrogen (secondary N) is 2. The maximum atomic E-state index is 12.0. The Morgan fingerprint density at radius 2 is 1.92 bits per heavy atom. The number of amides is 1. The molecule has 0 aromatic heterocycles. The molecular weight excluding hydrogens is 360 g/mol. The molecule has 0 spiro atoms. The molecule has 0 aliphatic carbocycles. The molecule has 0 radical (unpaired) electrons. The molecule has 2 aromatic carbocycles. The molecule has 2 rings (SSSR count). The third-order valence-corrected chi connectivity index (χ3v) is 3.76. The van der Waals surface area contributed by atoms with E-state index in [1.165, 1.54) is 6.08 Å². The smallest absolute Gasteiger partial charge is 0.250 e. The van der Waals surface area contributed by atoms with Crippen molar-refractivity contribution in [1.29, 1.82) is 0 Å². The van der Waals surface area contributed by atoms with Crippen molar-refractivity contribution in [1.82, 2.24) is 5.32 Å². The normalized spacial score (nSPS) is 10.4. The van der Waals surface area contributed by atoms with Gasteiger partial charge in [-0.3, -0.25) is 10.1 Å². The number of benzene rings is 2. The van der Waals surface area contributed by atoms with Gasteiger partial charge in [0, 0.05) is 17.2 Å². The number of ether oxygens (including phenoxy) is 2. The van der Waals surface area contributed by atoms with Crippen LogP contribution in [-0.4, -0.2) is 25.2 Å². The largest absolute Gasteiger partial charge is 0.497 e. The molecule has 0 unspecified atom stereocenters. The summed E-state index contributed by atoms with van der Waals surface area (Å²) in [5, 5.41) is 6.18. The van der Waals surface area contributed by atoms with Crippen LogP contribution in [0, 0.1) is 0 Å². The Labute approximate surface area is 156 Å². The van der Waals surface area contributed by atoms with E-state index in [0.29, 0.717) is 22.2 Å². The first-order chi connectivity index (χ1) is 12.0. The first-order valence-corrected chi connectivity index (χ1v) is 8.08. The van der Waals surface area contributed by atoms with E-state index in [-0.39, 0.29) is 11.0 Å². The van der Waals surface area contributed by atoms with E-state index in [2.05, 4.69) is 10.6 Å². The van der Waals surface area contributed by atoms with Gasteiger partial charge in [-0.2, -0.15) is 0 Å². The molecule has 130 valence electrons. The van der Waals surface area contributed by atoms with Gasteiger partial charge in [0.2, 0.25) is 5.91 Å². The summed E-state index contributed by atoms with van der Waals surface area (Å²) in [6.45, 7) is 0. The van der Waals surface area contributed by atoms with Gasteiger partial charge in [-0.05, 0) is 42.1 Å². The Morgan fingerprint density at radius 3 is 2.60 bits per heavy atom. The summed E-state index contributed by atoms with van der Waals surface area (Å²) < 4.78 is 10.4. The Hall–Kier alpha value is -2.57. The molecule has 0 saturated carbocycles. The number of carbonyl (C=O) groups is 1. The average molecular weight is 377 g/mol. The molecule has 2 aromatic rings. The van der Waals surface area contributed by atoms with E-state index in [0.717, 1.165) is 5.56 Å². The summed E-state index contributed by atoms with van der Waals surface area (Å²) in [7, 11) is 3.10. The van der Waals surface area contributed by atoms with E-state index in [4.69, 9.17) is 33.3 Å². The number of halogens is 1. The van der Waals surface area contributed by atoms with E-state index in [1.54, 1.807) is 44.6 Å². The van der Waals surface area contributed by atoms with Crippen molar-refractivity contribution < 1.29 is 14.3 Å². The zero-order valence-electron chi connectivity index (χ0n) is 13.7. The van der Waals surface area contributed by atoms with Gasteiger partial charge in [-0.15, -0.1) is 0 Å². The lowest BCUT2D eigenvalue weighted by atomic mass is 10.2. The monoisotopic (exact) mass is 376 g/mol. The average Bonchev–Trinajstić information content (AvgIpc) is 2.60. The number of carbonyl (C=O) groups excluding carboxylic acids is 1. The van der Waals surface area contributed by atoms with Gasteiger partial charge in [-0.1, -0.05) is 29.8 Å². The summed E-state index contributed by atoms with van der Waals surface area (Å²) in [6, 6.07) is 12.4. The van der Waals surface area contributed by atoms with Gasteiger partial charge < -0.3 is 14.8 Å². The number of methoxy groups -OCH3 is 2. The number of thiocarbonyl (C=S) groups is 1. The molecule has 0 bridgehead atoms. The lowest BCUT2D eigenvalue weighted by Crippen LogP contribution is -2.32. The standard InChI is InChI=1S/C18H17ClN2O3S/c1-23-13-8-9-16(24-2)15(11-13)20-18(25)21-17(22)10-7-12-5-3-4-6-14(12)19/h3-11H,1-2H3,(H2,20,21,22,25). The molecule has 0 fully saturated rings. The van der Waals surface area contributed by atoms with Crippen LogP contribution in [0.3, 0.4) is 0 Å². The van der Waals surface area contributed by atoms with Crippen LogP contribution in [0.15, 0.2) is 48.5 Å². The van der Waals surface area contributed by atoms with Gasteiger partial charge in [0.05, 0.1) is 19.9 Å². The third-order valence-electron chi connectivity index (χ3n) is 3.21. The molecule has 7 heteroatoms. The minimum Gasteiger partial charge on any atom is -0.497 e. The maximum absolute atomic E-state index is 12.0. The van der Waals surface area contributed by atoms with E-state index in [1.807, 2.05) is 18.2 Å². The number of rotatable bonds is 5. The zero-order valence-corrected chi connectivity index (χ0v) is 15.3. The maximum Gasteiger partial charge on any atom is 0.250 e. The van der Waals surface area contributed by atoms with Crippen LogP contribution in [0.1, 0.15) is 5.56 Å². The summed E-state index contributed by atoms with van der Waals surface area (Å²) >= 11 is 11.2. The van der Waals surface area contributed by atoms with Gasteiger partial charge in [0.1, 0.15) is 11.5 Å². The van der Waals surface area contributed by atoms with Gasteiger partial charge in [0.25, 0.3) is 0 Å². The number of hydrogen-bond donors (Lipinski definition) is 2. The van der Waals surface area contributed by atoms with Crippen LogP contribution in [-0.2, 0) is 4.79 Å². The fourth-order valence-corrected chi connectivity index (χ4v) is 2.40. The van der Waals surface area contributed by atoms with E-state index in [9.17, 15) is 4.79 Å². The second kappa shape index (κ2) is 9.05. The van der Waals surface area contributed by atoms with Crippen molar-refractivity contribution in [3.05, 3.63) is 59.1 Å². The molecule has 0 heterocycles. The minimum absolute atomic E-state index is 0.139. The molecule has 0 aliphatic rings. The highest BCUT2D eigenvalue weighted by atomic mass is 35.5. The second-order valence-electron chi connectivity index (χ2n) is 4.86. The quantitative estimate of drug-likeness (QED) is 0.612. The molecule has 2 N–H and O–H groups in total. The molecule has 25 heavy (non-hydrogen) atoms. The van der Waals surface area contributed by atoms with Crippen LogP contribution < -0.4 is 20.1 Å². The molecule has 0 saturated heterocycles. The van der Waals surface area contributed by atoms with Crippen LogP contribution in [0.25, 0.3) is 6.08 Å². The number of hydrogen-bond acceptors (Lipinski definition) is 4. The van der Waals surface area contributed by atoms with Crippen molar-refractivity contribution in [3.63, 3.8) is 0 Å². The second-order valence-corrected chi connectivity index (χ2v) is 5.68. The lowest BCUT2D eigenvalue weighted by Gasteiger charge is -2.13. The summed E-state index contributed by atoms with van der Waals surface area (Å²) in [5.41, 5.74) is 1.33. The van der Waals surface area contributed by atoms with Crippen molar-refractivity contribution in [2.24, 2.45) is 0 Å². The van der Waals surface area contributed by atoms with Crippen molar-refractivity contribution in [3.8, 4) is 11.5 Å². The lowest BCUT2D eigenvalue weighted by molar-refractivity contribution is -0.115. The fourth-order valence-electron chi connectivity index (χ4n) is 1.99. The van der Waals surface area contributed by atoms with Crippen LogP contribution >= 0.6 is 23.8 Å². The Bertz CT molecular complexity index is 809. The predicted octanol–water partition coefficient (Wildman–Crippen LogP) is 3.88. The first-order valence-electron chi connectivity index (χ1n) is 7.30. The van der Waals surface area contributed by atoms with Crippen LogP contribution in [0.2, 0.25) is 5.02 Å². The van der Waals surface area contributed by atoms with Crippen molar-refractivity contribution in [2.45, 2.75) is 0 Å². The Balaban J connectivity index is 2.00. The summed E-state index contributed by atoms with van der Waals surface area (Å²) in [6.07, 6.45) is 2.98. The Morgan fingerprint density at radius 1 is 1.16 bits per heavy atom.